The van der Waals surface area contributed by atoms with Crippen molar-refractivity contribution >= 4 is 22.9 Å². The molecule has 5 rings (SSSR count). The van der Waals surface area contributed by atoms with E-state index in [1.165, 1.54) is 0 Å². The summed E-state index contributed by atoms with van der Waals surface area (Å²) in [6.45, 7) is 6.06. The normalized spacial score (nSPS) is 18.0. The van der Waals surface area contributed by atoms with E-state index in [-0.39, 0.29) is 5.91 Å². The number of nitrogens with two attached hydrogens (primary N) is 1. The molecule has 9 nitrogen and oxygen atoms in total. The Hall–Kier alpha value is -3.17. The Labute approximate surface area is 181 Å². The Morgan fingerprint density at radius 1 is 1.03 bits per heavy atom. The zero-order valence-electron chi connectivity index (χ0n) is 17.7. The number of amides is 1. The summed E-state index contributed by atoms with van der Waals surface area (Å²) in [6, 6.07) is 9.43. The second kappa shape index (κ2) is 8.16. The van der Waals surface area contributed by atoms with Gasteiger partial charge in [-0.2, -0.15) is 0 Å². The van der Waals surface area contributed by atoms with Crippen molar-refractivity contribution < 1.29 is 9.53 Å². The van der Waals surface area contributed by atoms with Gasteiger partial charge in [-0.25, -0.2) is 9.50 Å². The number of rotatable bonds is 3. The highest BCUT2D eigenvalue weighted by Gasteiger charge is 2.24. The smallest absolute Gasteiger partial charge is 0.255 e. The number of carbonyl (C=O) groups excluding carboxylic acids is 1. The second-order valence-corrected chi connectivity index (χ2v) is 8.13. The van der Waals surface area contributed by atoms with Gasteiger partial charge in [0.05, 0.1) is 18.8 Å². The van der Waals surface area contributed by atoms with Crippen LogP contribution in [0.2, 0.25) is 0 Å². The molecular weight excluding hydrogens is 394 g/mol. The van der Waals surface area contributed by atoms with Gasteiger partial charge >= 0.3 is 0 Å². The summed E-state index contributed by atoms with van der Waals surface area (Å²) in [5, 5.41) is 4.72. The molecule has 0 unspecified atom stereocenters. The molecule has 31 heavy (non-hydrogen) atoms. The van der Waals surface area contributed by atoms with Gasteiger partial charge in [0.25, 0.3) is 5.91 Å². The molecule has 0 aliphatic carbocycles. The third kappa shape index (κ3) is 3.94. The quantitative estimate of drug-likeness (QED) is 0.636. The molecule has 1 amide bonds. The maximum atomic E-state index is 13.2. The molecule has 0 radical (unpaired) electrons. The lowest BCUT2D eigenvalue weighted by Crippen LogP contribution is -2.47. The molecule has 2 aliphatic heterocycles. The summed E-state index contributed by atoms with van der Waals surface area (Å²) in [7, 11) is 2.08. The number of morpholine rings is 1. The van der Waals surface area contributed by atoms with Gasteiger partial charge in [0.15, 0.2) is 11.6 Å². The average Bonchev–Trinajstić information content (AvgIpc) is 3.24. The summed E-state index contributed by atoms with van der Waals surface area (Å²) in [4.78, 5) is 24.4. The standard InChI is InChI=1S/C22H27N7O2/c1-26-6-8-28(9-7-26)22(30)17-14-19-21(27-10-12-31-13-11-27)24-20(25-29(19)15-17)16-2-4-18(23)5-3-16/h2-5,14-15H,6-13,23H2,1H3. The van der Waals surface area contributed by atoms with Crippen LogP contribution in [0.25, 0.3) is 16.9 Å². The van der Waals surface area contributed by atoms with E-state index in [9.17, 15) is 4.79 Å². The summed E-state index contributed by atoms with van der Waals surface area (Å²) < 4.78 is 7.31. The molecule has 4 heterocycles. The van der Waals surface area contributed by atoms with E-state index in [0.717, 1.165) is 56.2 Å². The third-order valence-corrected chi connectivity index (χ3v) is 5.96. The number of piperazine rings is 1. The van der Waals surface area contributed by atoms with E-state index in [4.69, 9.17) is 20.6 Å². The average molecular weight is 422 g/mol. The highest BCUT2D eigenvalue weighted by atomic mass is 16.5. The first-order valence-electron chi connectivity index (χ1n) is 10.7. The van der Waals surface area contributed by atoms with Crippen molar-refractivity contribution in [1.29, 1.82) is 0 Å². The third-order valence-electron chi connectivity index (χ3n) is 5.96. The fourth-order valence-corrected chi connectivity index (χ4v) is 4.06. The lowest BCUT2D eigenvalue weighted by molar-refractivity contribution is 0.0664. The van der Waals surface area contributed by atoms with Gasteiger partial charge in [-0.3, -0.25) is 4.79 Å². The number of benzene rings is 1. The number of aromatic nitrogens is 3. The van der Waals surface area contributed by atoms with Gasteiger partial charge < -0.3 is 25.2 Å². The maximum Gasteiger partial charge on any atom is 0.255 e. The fourth-order valence-electron chi connectivity index (χ4n) is 4.06. The van der Waals surface area contributed by atoms with Crippen LogP contribution in [0.5, 0.6) is 0 Å². The maximum absolute atomic E-state index is 13.2. The molecule has 2 aliphatic rings. The summed E-state index contributed by atoms with van der Waals surface area (Å²) in [6.07, 6.45) is 1.82. The summed E-state index contributed by atoms with van der Waals surface area (Å²) in [5.74, 6) is 1.46. The van der Waals surface area contributed by atoms with E-state index in [2.05, 4.69) is 16.8 Å². The van der Waals surface area contributed by atoms with Gasteiger partial charge in [-0.15, -0.1) is 5.10 Å². The van der Waals surface area contributed by atoms with Crippen LogP contribution < -0.4 is 10.6 Å². The Balaban J connectivity index is 1.56. The monoisotopic (exact) mass is 421 g/mol. The van der Waals surface area contributed by atoms with Gasteiger partial charge in [-0.05, 0) is 37.4 Å². The Morgan fingerprint density at radius 2 is 1.74 bits per heavy atom. The highest BCUT2D eigenvalue weighted by molar-refractivity contribution is 5.96. The first kappa shape index (κ1) is 19.8. The lowest BCUT2D eigenvalue weighted by Gasteiger charge is -2.32. The van der Waals surface area contributed by atoms with Crippen molar-refractivity contribution in [3.8, 4) is 11.4 Å². The van der Waals surface area contributed by atoms with Crippen molar-refractivity contribution in [3.05, 3.63) is 42.1 Å². The van der Waals surface area contributed by atoms with E-state index in [1.807, 2.05) is 41.4 Å². The van der Waals surface area contributed by atoms with Crippen molar-refractivity contribution in [1.82, 2.24) is 24.4 Å². The largest absolute Gasteiger partial charge is 0.399 e. The SMILES string of the molecule is CN1CCN(C(=O)c2cc3c(N4CCOCC4)nc(-c4ccc(N)cc4)nn3c2)CC1. The predicted octanol–water partition coefficient (Wildman–Crippen LogP) is 1.20. The number of fused-ring (bicyclic) bond motifs is 1. The topological polar surface area (TPSA) is 92.2 Å². The van der Waals surface area contributed by atoms with E-state index in [0.29, 0.717) is 30.3 Å². The van der Waals surface area contributed by atoms with Crippen LogP contribution in [0.3, 0.4) is 0 Å². The zero-order valence-corrected chi connectivity index (χ0v) is 17.7. The summed E-state index contributed by atoms with van der Waals surface area (Å²) >= 11 is 0. The van der Waals surface area contributed by atoms with Gasteiger partial charge in [0.2, 0.25) is 0 Å². The Kier molecular flexibility index (Phi) is 5.21. The number of carbonyl (C=O) groups is 1. The molecule has 2 fully saturated rings. The van der Waals surface area contributed by atoms with Crippen LogP contribution in [-0.2, 0) is 4.74 Å². The van der Waals surface area contributed by atoms with Gasteiger partial charge in [0.1, 0.15) is 5.52 Å². The Bertz CT molecular complexity index is 1080. The van der Waals surface area contributed by atoms with Crippen molar-refractivity contribution in [3.63, 3.8) is 0 Å². The molecule has 3 aromatic rings. The van der Waals surface area contributed by atoms with Crippen molar-refractivity contribution in [2.75, 3.05) is 70.2 Å². The number of nitrogen functional groups attached to an aromatic ring is 1. The number of anilines is 2. The van der Waals surface area contributed by atoms with E-state index in [1.54, 1.807) is 4.52 Å². The molecule has 2 N–H and O–H groups in total. The molecule has 2 saturated heterocycles. The predicted molar refractivity (Wildman–Crippen MR) is 119 cm³/mol. The Morgan fingerprint density at radius 3 is 2.45 bits per heavy atom. The molecule has 0 atom stereocenters. The van der Waals surface area contributed by atoms with Crippen LogP contribution >= 0.6 is 0 Å². The van der Waals surface area contributed by atoms with Gasteiger partial charge in [-0.1, -0.05) is 0 Å². The number of ether oxygens (including phenoxy) is 1. The van der Waals surface area contributed by atoms with Crippen LogP contribution in [0.4, 0.5) is 11.5 Å². The zero-order chi connectivity index (χ0) is 21.4. The fraction of sp³-hybridized carbons (Fsp3) is 0.409. The minimum Gasteiger partial charge on any atom is -0.399 e. The molecule has 162 valence electrons. The lowest BCUT2D eigenvalue weighted by atomic mass is 10.2. The van der Waals surface area contributed by atoms with Crippen LogP contribution in [0, 0.1) is 0 Å². The van der Waals surface area contributed by atoms with Crippen molar-refractivity contribution in [2.45, 2.75) is 0 Å². The number of hydrogen-bond acceptors (Lipinski definition) is 7. The van der Waals surface area contributed by atoms with Crippen molar-refractivity contribution in [2.24, 2.45) is 0 Å². The summed E-state index contributed by atoms with van der Waals surface area (Å²) in [5.41, 5.74) is 8.89. The molecule has 1 aromatic carbocycles. The van der Waals surface area contributed by atoms with E-state index < -0.39 is 0 Å². The van der Waals surface area contributed by atoms with E-state index >= 15 is 0 Å². The first-order chi connectivity index (χ1) is 15.1. The highest BCUT2D eigenvalue weighted by Crippen LogP contribution is 2.27. The molecular formula is C22H27N7O2. The molecule has 0 spiro atoms. The van der Waals surface area contributed by atoms with Gasteiger partial charge in [0, 0.05) is 56.7 Å². The molecule has 0 saturated carbocycles. The molecule has 9 heteroatoms. The molecule has 0 bridgehead atoms. The first-order valence-corrected chi connectivity index (χ1v) is 10.7. The van der Waals surface area contributed by atoms with Crippen LogP contribution in [-0.4, -0.2) is 89.8 Å². The minimum atomic E-state index is 0.0422. The van der Waals surface area contributed by atoms with Crippen LogP contribution in [0.15, 0.2) is 36.5 Å². The molecule has 2 aromatic heterocycles. The van der Waals surface area contributed by atoms with Crippen LogP contribution in [0.1, 0.15) is 10.4 Å². The number of hydrogen-bond donors (Lipinski definition) is 1. The minimum absolute atomic E-state index is 0.0422. The number of likely N-dealkylation sites (N-methyl/N-ethyl adjacent to an activating group) is 1. The second-order valence-electron chi connectivity index (χ2n) is 8.13. The number of nitrogens with zero attached hydrogens (tertiary/aromatic N) is 6.